The Morgan fingerprint density at radius 1 is 0.960 bits per heavy atom. The maximum absolute atomic E-state index is 13.2. The smallest absolute Gasteiger partial charge is 0.243 e. The molecule has 1 N–H and O–H groups in total. The van der Waals surface area contributed by atoms with E-state index in [-0.39, 0.29) is 29.4 Å². The van der Waals surface area contributed by atoms with E-state index in [1.807, 2.05) is 0 Å². The SMILES string of the molecule is O=C(CN(C1CCCCC1)S(=O)(=O)c1ccccc1)NC1CCCC1. The van der Waals surface area contributed by atoms with Crippen molar-refractivity contribution in [3.05, 3.63) is 30.3 Å². The number of nitrogens with zero attached hydrogens (tertiary/aromatic N) is 1. The minimum absolute atomic E-state index is 0.0710. The first-order valence-electron chi connectivity index (χ1n) is 9.43. The molecule has 0 saturated heterocycles. The predicted octanol–water partition coefficient (Wildman–Crippen LogP) is 3.07. The summed E-state index contributed by atoms with van der Waals surface area (Å²) in [5, 5.41) is 3.03. The van der Waals surface area contributed by atoms with Crippen LogP contribution in [0.25, 0.3) is 0 Å². The lowest BCUT2D eigenvalue weighted by Crippen LogP contribution is -2.48. The van der Waals surface area contributed by atoms with Crippen LogP contribution in [-0.2, 0) is 14.8 Å². The van der Waals surface area contributed by atoms with Crippen molar-refractivity contribution >= 4 is 15.9 Å². The molecular formula is C19H28N2O3S. The number of benzene rings is 1. The minimum atomic E-state index is -3.66. The molecule has 2 aliphatic carbocycles. The molecule has 0 bridgehead atoms. The molecule has 0 unspecified atom stereocenters. The van der Waals surface area contributed by atoms with Crippen molar-refractivity contribution in [3.8, 4) is 0 Å². The third-order valence-electron chi connectivity index (χ3n) is 5.35. The fraction of sp³-hybridized carbons (Fsp3) is 0.632. The zero-order valence-corrected chi connectivity index (χ0v) is 15.5. The Balaban J connectivity index is 1.78. The lowest BCUT2D eigenvalue weighted by molar-refractivity contribution is -0.122. The molecule has 2 saturated carbocycles. The monoisotopic (exact) mass is 364 g/mol. The average molecular weight is 365 g/mol. The first kappa shape index (κ1) is 18.4. The van der Waals surface area contributed by atoms with Gasteiger partial charge < -0.3 is 5.32 Å². The van der Waals surface area contributed by atoms with E-state index in [1.165, 1.54) is 4.31 Å². The standard InChI is InChI=1S/C19H28N2O3S/c22-19(20-16-9-7-8-10-16)15-21(17-11-3-1-4-12-17)25(23,24)18-13-5-2-6-14-18/h2,5-6,13-14,16-17H,1,3-4,7-12,15H2,(H,20,22). The normalized spacial score (nSPS) is 20.0. The Morgan fingerprint density at radius 2 is 1.56 bits per heavy atom. The van der Waals surface area contributed by atoms with Crippen LogP contribution in [0.15, 0.2) is 35.2 Å². The van der Waals surface area contributed by atoms with E-state index in [2.05, 4.69) is 5.32 Å². The van der Waals surface area contributed by atoms with Gasteiger partial charge in [0.1, 0.15) is 0 Å². The summed E-state index contributed by atoms with van der Waals surface area (Å²) >= 11 is 0. The number of carbonyl (C=O) groups excluding carboxylic acids is 1. The van der Waals surface area contributed by atoms with Crippen LogP contribution >= 0.6 is 0 Å². The van der Waals surface area contributed by atoms with Gasteiger partial charge in [-0.05, 0) is 37.8 Å². The summed E-state index contributed by atoms with van der Waals surface area (Å²) in [6, 6.07) is 8.61. The number of nitrogens with one attached hydrogen (secondary N) is 1. The number of hydrogen-bond acceptors (Lipinski definition) is 3. The number of hydrogen-bond donors (Lipinski definition) is 1. The lowest BCUT2D eigenvalue weighted by atomic mass is 9.95. The van der Waals surface area contributed by atoms with Gasteiger partial charge in [0.25, 0.3) is 0 Å². The van der Waals surface area contributed by atoms with Crippen LogP contribution < -0.4 is 5.32 Å². The Labute approximate surface area is 150 Å². The molecule has 0 aromatic heterocycles. The number of amides is 1. The highest BCUT2D eigenvalue weighted by atomic mass is 32.2. The van der Waals surface area contributed by atoms with Gasteiger partial charge >= 0.3 is 0 Å². The summed E-state index contributed by atoms with van der Waals surface area (Å²) in [5.41, 5.74) is 0. The molecule has 0 spiro atoms. The van der Waals surface area contributed by atoms with Gasteiger partial charge in [-0.1, -0.05) is 50.3 Å². The topological polar surface area (TPSA) is 66.5 Å². The summed E-state index contributed by atoms with van der Waals surface area (Å²) in [7, 11) is -3.66. The number of rotatable bonds is 6. The Hall–Kier alpha value is -1.40. The van der Waals surface area contributed by atoms with Crippen molar-refractivity contribution < 1.29 is 13.2 Å². The summed E-state index contributed by atoms with van der Waals surface area (Å²) in [4.78, 5) is 12.8. The van der Waals surface area contributed by atoms with E-state index in [0.29, 0.717) is 0 Å². The van der Waals surface area contributed by atoms with Gasteiger partial charge in [0, 0.05) is 12.1 Å². The van der Waals surface area contributed by atoms with Crippen LogP contribution in [0.1, 0.15) is 57.8 Å². The first-order valence-corrected chi connectivity index (χ1v) is 10.9. The van der Waals surface area contributed by atoms with Crippen molar-refractivity contribution in [2.75, 3.05) is 6.54 Å². The molecule has 0 aliphatic heterocycles. The minimum Gasteiger partial charge on any atom is -0.352 e. The highest BCUT2D eigenvalue weighted by Gasteiger charge is 2.34. The molecule has 138 valence electrons. The molecule has 2 fully saturated rings. The van der Waals surface area contributed by atoms with E-state index >= 15 is 0 Å². The lowest BCUT2D eigenvalue weighted by Gasteiger charge is -2.33. The quantitative estimate of drug-likeness (QED) is 0.843. The number of carbonyl (C=O) groups is 1. The summed E-state index contributed by atoms with van der Waals surface area (Å²) in [6.45, 7) is -0.0710. The Kier molecular flexibility index (Phi) is 6.12. The molecule has 0 heterocycles. The molecular weight excluding hydrogens is 336 g/mol. The van der Waals surface area contributed by atoms with Gasteiger partial charge in [-0.2, -0.15) is 4.31 Å². The largest absolute Gasteiger partial charge is 0.352 e. The molecule has 1 aromatic rings. The van der Waals surface area contributed by atoms with Crippen LogP contribution in [0.4, 0.5) is 0 Å². The highest BCUT2D eigenvalue weighted by Crippen LogP contribution is 2.27. The molecule has 5 nitrogen and oxygen atoms in total. The van der Waals surface area contributed by atoms with Gasteiger partial charge in [-0.15, -0.1) is 0 Å². The first-order chi connectivity index (χ1) is 12.1. The average Bonchev–Trinajstić information content (AvgIpc) is 3.14. The van der Waals surface area contributed by atoms with Crippen LogP contribution in [-0.4, -0.2) is 37.3 Å². The fourth-order valence-corrected chi connectivity index (χ4v) is 5.65. The number of sulfonamides is 1. The maximum atomic E-state index is 13.2. The van der Waals surface area contributed by atoms with Crippen molar-refractivity contribution in [1.82, 2.24) is 9.62 Å². The third kappa shape index (κ3) is 4.61. The van der Waals surface area contributed by atoms with Crippen molar-refractivity contribution in [2.24, 2.45) is 0 Å². The molecule has 1 aromatic carbocycles. The second-order valence-electron chi connectivity index (χ2n) is 7.20. The summed E-state index contributed by atoms with van der Waals surface area (Å²) < 4.78 is 27.8. The van der Waals surface area contributed by atoms with Crippen molar-refractivity contribution in [1.29, 1.82) is 0 Å². The zero-order chi connectivity index (χ0) is 17.7. The fourth-order valence-electron chi connectivity index (χ4n) is 3.99. The Bertz CT molecular complexity index is 663. The van der Waals surface area contributed by atoms with Crippen molar-refractivity contribution in [3.63, 3.8) is 0 Å². The van der Waals surface area contributed by atoms with Gasteiger partial charge in [-0.3, -0.25) is 4.79 Å². The van der Waals surface area contributed by atoms with E-state index in [1.54, 1.807) is 30.3 Å². The molecule has 6 heteroatoms. The Morgan fingerprint density at radius 3 is 2.20 bits per heavy atom. The van der Waals surface area contributed by atoms with E-state index < -0.39 is 10.0 Å². The highest BCUT2D eigenvalue weighted by molar-refractivity contribution is 7.89. The van der Waals surface area contributed by atoms with Gasteiger partial charge in [-0.25, -0.2) is 8.42 Å². The molecule has 1 amide bonds. The van der Waals surface area contributed by atoms with Crippen molar-refractivity contribution in [2.45, 2.75) is 74.8 Å². The van der Waals surface area contributed by atoms with Crippen LogP contribution in [0.2, 0.25) is 0 Å². The molecule has 25 heavy (non-hydrogen) atoms. The summed E-state index contributed by atoms with van der Waals surface area (Å²) in [6.07, 6.45) is 9.14. The zero-order valence-electron chi connectivity index (χ0n) is 14.7. The van der Waals surface area contributed by atoms with E-state index in [9.17, 15) is 13.2 Å². The maximum Gasteiger partial charge on any atom is 0.243 e. The summed E-state index contributed by atoms with van der Waals surface area (Å²) in [5.74, 6) is -0.169. The molecule has 0 radical (unpaired) electrons. The molecule has 0 atom stereocenters. The van der Waals surface area contributed by atoms with Gasteiger partial charge in [0.2, 0.25) is 15.9 Å². The predicted molar refractivity (Wildman–Crippen MR) is 97.6 cm³/mol. The third-order valence-corrected chi connectivity index (χ3v) is 7.26. The van der Waals surface area contributed by atoms with E-state index in [4.69, 9.17) is 0 Å². The van der Waals surface area contributed by atoms with Crippen LogP contribution in [0, 0.1) is 0 Å². The van der Waals surface area contributed by atoms with E-state index in [0.717, 1.165) is 57.8 Å². The second-order valence-corrected chi connectivity index (χ2v) is 9.09. The molecule has 2 aliphatic rings. The van der Waals surface area contributed by atoms with Gasteiger partial charge in [0.15, 0.2) is 0 Å². The second kappa shape index (κ2) is 8.32. The van der Waals surface area contributed by atoms with Gasteiger partial charge in [0.05, 0.1) is 11.4 Å². The van der Waals surface area contributed by atoms with Crippen LogP contribution in [0.3, 0.4) is 0 Å². The molecule has 3 rings (SSSR count). The van der Waals surface area contributed by atoms with Crippen LogP contribution in [0.5, 0.6) is 0 Å².